The van der Waals surface area contributed by atoms with E-state index >= 15 is 0 Å². The van der Waals surface area contributed by atoms with E-state index in [0.717, 1.165) is 17.7 Å². The van der Waals surface area contributed by atoms with E-state index in [2.05, 4.69) is 10.6 Å². The zero-order valence-electron chi connectivity index (χ0n) is 17.6. The van der Waals surface area contributed by atoms with Crippen LogP contribution in [-0.2, 0) is 9.53 Å². The van der Waals surface area contributed by atoms with Crippen LogP contribution in [0, 0.1) is 0 Å². The van der Waals surface area contributed by atoms with Gasteiger partial charge in [0.1, 0.15) is 0 Å². The van der Waals surface area contributed by atoms with Gasteiger partial charge in [0.2, 0.25) is 5.91 Å². The Morgan fingerprint density at radius 2 is 1.72 bits per heavy atom. The Bertz CT molecular complexity index is 1030. The number of benzene rings is 2. The number of amides is 3. The maximum atomic E-state index is 12.4. The van der Waals surface area contributed by atoms with Gasteiger partial charge in [-0.15, -0.1) is 0 Å². The maximum absolute atomic E-state index is 12.4. The molecule has 166 valence electrons. The second kappa shape index (κ2) is 10.6. The molecule has 0 aliphatic carbocycles. The molecule has 1 aliphatic rings. The Kier molecular flexibility index (Phi) is 7.67. The second-order valence-electron chi connectivity index (χ2n) is 7.13. The van der Waals surface area contributed by atoms with Crippen LogP contribution < -0.4 is 10.6 Å². The molecule has 3 amide bonds. The van der Waals surface area contributed by atoms with Crippen molar-refractivity contribution in [3.05, 3.63) is 65.2 Å². The van der Waals surface area contributed by atoms with Gasteiger partial charge in [0.15, 0.2) is 5.11 Å². The van der Waals surface area contributed by atoms with Gasteiger partial charge in [-0.2, -0.15) is 0 Å². The second-order valence-corrected chi connectivity index (χ2v) is 7.54. The molecule has 1 heterocycles. The topological polar surface area (TPSA) is 105 Å². The normalized spacial score (nSPS) is 12.3. The summed E-state index contributed by atoms with van der Waals surface area (Å²) in [5, 5.41) is 5.38. The molecule has 3 rings (SSSR count). The number of nitrogens with one attached hydrogen (secondary N) is 2. The van der Waals surface area contributed by atoms with Crippen molar-refractivity contribution in [2.24, 2.45) is 0 Å². The number of nitrogens with zero attached hydrogens (tertiary/aromatic N) is 1. The van der Waals surface area contributed by atoms with Gasteiger partial charge >= 0.3 is 5.97 Å². The SMILES string of the molecule is CCCCOC(=O)c1cccc(NC(=S)NC(=O)CCN2C(=O)c3ccccc3C2=O)c1. The predicted molar refractivity (Wildman–Crippen MR) is 122 cm³/mol. The van der Waals surface area contributed by atoms with Gasteiger partial charge < -0.3 is 15.4 Å². The van der Waals surface area contributed by atoms with Crippen LogP contribution in [0.4, 0.5) is 5.69 Å². The molecule has 0 spiro atoms. The highest BCUT2D eigenvalue weighted by Gasteiger charge is 2.34. The smallest absolute Gasteiger partial charge is 0.338 e. The van der Waals surface area contributed by atoms with E-state index in [0.29, 0.717) is 29.0 Å². The van der Waals surface area contributed by atoms with E-state index in [1.165, 1.54) is 0 Å². The number of carbonyl (C=O) groups is 4. The van der Waals surface area contributed by atoms with Gasteiger partial charge in [-0.05, 0) is 49.0 Å². The Morgan fingerprint density at radius 1 is 1.03 bits per heavy atom. The molecular weight excluding hydrogens is 430 g/mol. The Hall–Kier alpha value is -3.59. The van der Waals surface area contributed by atoms with Gasteiger partial charge in [0.25, 0.3) is 11.8 Å². The van der Waals surface area contributed by atoms with Crippen LogP contribution in [0.1, 0.15) is 57.3 Å². The Balaban J connectivity index is 1.49. The molecule has 2 aromatic carbocycles. The number of fused-ring (bicyclic) bond motifs is 1. The van der Waals surface area contributed by atoms with E-state index in [1.54, 1.807) is 48.5 Å². The monoisotopic (exact) mass is 453 g/mol. The number of imide groups is 1. The fourth-order valence-corrected chi connectivity index (χ4v) is 3.36. The van der Waals surface area contributed by atoms with E-state index in [9.17, 15) is 19.2 Å². The van der Waals surface area contributed by atoms with Gasteiger partial charge in [0, 0.05) is 18.7 Å². The average molecular weight is 454 g/mol. The molecule has 2 aromatic rings. The predicted octanol–water partition coefficient (Wildman–Crippen LogP) is 3.14. The standard InChI is InChI=1S/C23H23N3O5S/c1-2-3-13-31-22(30)15-7-6-8-16(14-15)24-23(32)25-19(27)11-12-26-20(28)17-9-4-5-10-18(17)21(26)29/h4-10,14H,2-3,11-13H2,1H3,(H2,24,25,27,32). The first-order valence-electron chi connectivity index (χ1n) is 10.2. The molecular formula is C23H23N3O5S. The number of thiocarbonyl (C=S) groups is 1. The molecule has 9 heteroatoms. The Labute approximate surface area is 190 Å². The summed E-state index contributed by atoms with van der Waals surface area (Å²) in [6.45, 7) is 2.31. The molecule has 0 radical (unpaired) electrons. The molecule has 0 bridgehead atoms. The van der Waals surface area contributed by atoms with Crippen LogP contribution in [0.15, 0.2) is 48.5 Å². The summed E-state index contributed by atoms with van der Waals surface area (Å²) < 4.78 is 5.19. The molecule has 0 atom stereocenters. The first kappa shape index (κ1) is 23.1. The third-order valence-corrected chi connectivity index (χ3v) is 4.98. The largest absolute Gasteiger partial charge is 0.462 e. The van der Waals surface area contributed by atoms with E-state index in [4.69, 9.17) is 17.0 Å². The number of anilines is 1. The zero-order chi connectivity index (χ0) is 23.1. The fourth-order valence-electron chi connectivity index (χ4n) is 3.12. The minimum atomic E-state index is -0.450. The van der Waals surface area contributed by atoms with Crippen molar-refractivity contribution < 1.29 is 23.9 Å². The first-order valence-corrected chi connectivity index (χ1v) is 10.6. The van der Waals surface area contributed by atoms with Crippen molar-refractivity contribution in [2.75, 3.05) is 18.5 Å². The van der Waals surface area contributed by atoms with Gasteiger partial charge in [-0.3, -0.25) is 19.3 Å². The molecule has 32 heavy (non-hydrogen) atoms. The Morgan fingerprint density at radius 3 is 2.38 bits per heavy atom. The van der Waals surface area contributed by atoms with Crippen LogP contribution in [-0.4, -0.2) is 46.9 Å². The van der Waals surface area contributed by atoms with E-state index in [-0.39, 0.29) is 18.1 Å². The van der Waals surface area contributed by atoms with Crippen LogP contribution in [0.2, 0.25) is 0 Å². The lowest BCUT2D eigenvalue weighted by atomic mass is 10.1. The van der Waals surface area contributed by atoms with Crippen LogP contribution >= 0.6 is 12.2 Å². The molecule has 0 saturated heterocycles. The molecule has 0 saturated carbocycles. The molecule has 2 N–H and O–H groups in total. The number of rotatable bonds is 8. The molecule has 1 aliphatic heterocycles. The van der Waals surface area contributed by atoms with Crippen molar-refractivity contribution >= 4 is 46.7 Å². The van der Waals surface area contributed by atoms with Crippen molar-refractivity contribution in [1.82, 2.24) is 10.2 Å². The molecule has 0 unspecified atom stereocenters. The highest BCUT2D eigenvalue weighted by molar-refractivity contribution is 7.80. The number of hydrogen-bond donors (Lipinski definition) is 2. The minimum Gasteiger partial charge on any atom is -0.462 e. The number of ether oxygens (including phenoxy) is 1. The minimum absolute atomic E-state index is 0.0360. The summed E-state index contributed by atoms with van der Waals surface area (Å²) in [5.41, 5.74) is 1.55. The third kappa shape index (κ3) is 5.55. The summed E-state index contributed by atoms with van der Waals surface area (Å²) >= 11 is 5.15. The summed E-state index contributed by atoms with van der Waals surface area (Å²) in [4.78, 5) is 50.1. The summed E-state index contributed by atoms with van der Waals surface area (Å²) in [5.74, 6) is -1.71. The lowest BCUT2D eigenvalue weighted by Gasteiger charge is -2.14. The summed E-state index contributed by atoms with van der Waals surface area (Å²) in [6, 6.07) is 13.1. The van der Waals surface area contributed by atoms with Crippen LogP contribution in [0.5, 0.6) is 0 Å². The van der Waals surface area contributed by atoms with Crippen molar-refractivity contribution in [2.45, 2.75) is 26.2 Å². The van der Waals surface area contributed by atoms with Crippen LogP contribution in [0.25, 0.3) is 0 Å². The molecule has 0 fully saturated rings. The number of carbonyl (C=O) groups excluding carboxylic acids is 4. The number of hydrogen-bond acceptors (Lipinski definition) is 6. The third-order valence-electron chi connectivity index (χ3n) is 4.78. The highest BCUT2D eigenvalue weighted by atomic mass is 32.1. The molecule has 8 nitrogen and oxygen atoms in total. The maximum Gasteiger partial charge on any atom is 0.338 e. The van der Waals surface area contributed by atoms with Gasteiger partial charge in [-0.1, -0.05) is 31.5 Å². The van der Waals surface area contributed by atoms with Crippen molar-refractivity contribution in [3.63, 3.8) is 0 Å². The van der Waals surface area contributed by atoms with Crippen molar-refractivity contribution in [1.29, 1.82) is 0 Å². The van der Waals surface area contributed by atoms with Crippen LogP contribution in [0.3, 0.4) is 0 Å². The van der Waals surface area contributed by atoms with E-state index < -0.39 is 23.7 Å². The average Bonchev–Trinajstić information content (AvgIpc) is 3.02. The van der Waals surface area contributed by atoms with Gasteiger partial charge in [0.05, 0.1) is 23.3 Å². The quantitative estimate of drug-likeness (QED) is 0.274. The summed E-state index contributed by atoms with van der Waals surface area (Å²) in [6.07, 6.45) is 1.62. The number of unbranched alkanes of at least 4 members (excludes halogenated alkanes) is 1. The lowest BCUT2D eigenvalue weighted by Crippen LogP contribution is -2.38. The number of esters is 1. The zero-order valence-corrected chi connectivity index (χ0v) is 18.4. The molecule has 0 aromatic heterocycles. The summed E-state index contributed by atoms with van der Waals surface area (Å²) in [7, 11) is 0. The lowest BCUT2D eigenvalue weighted by molar-refractivity contribution is -0.119. The fraction of sp³-hybridized carbons (Fsp3) is 0.261. The van der Waals surface area contributed by atoms with E-state index in [1.807, 2.05) is 6.92 Å². The van der Waals surface area contributed by atoms with Gasteiger partial charge in [-0.25, -0.2) is 4.79 Å². The first-order chi connectivity index (χ1) is 15.4. The highest BCUT2D eigenvalue weighted by Crippen LogP contribution is 2.22. The van der Waals surface area contributed by atoms with Crippen molar-refractivity contribution in [3.8, 4) is 0 Å².